The van der Waals surface area contributed by atoms with Crippen molar-refractivity contribution in [2.75, 3.05) is 19.1 Å². The number of halogens is 3. The minimum atomic E-state index is -4.59. The molecule has 0 bridgehead atoms. The van der Waals surface area contributed by atoms with E-state index in [9.17, 15) is 13.2 Å². The second-order valence-electron chi connectivity index (χ2n) is 5.48. The van der Waals surface area contributed by atoms with Crippen molar-refractivity contribution < 1.29 is 22.6 Å². The van der Waals surface area contributed by atoms with Crippen LogP contribution in [0.4, 0.5) is 24.8 Å². The van der Waals surface area contributed by atoms with Crippen LogP contribution in [0.1, 0.15) is 25.8 Å². The van der Waals surface area contributed by atoms with Gasteiger partial charge in [-0.2, -0.15) is 18.2 Å². The van der Waals surface area contributed by atoms with Gasteiger partial charge < -0.3 is 14.4 Å². The van der Waals surface area contributed by atoms with Crippen LogP contribution in [0.25, 0.3) is 0 Å². The maximum absolute atomic E-state index is 13.2. The van der Waals surface area contributed by atoms with Gasteiger partial charge in [0.05, 0.1) is 13.2 Å². The molecule has 2 aromatic rings. The van der Waals surface area contributed by atoms with Crippen molar-refractivity contribution in [3.63, 3.8) is 0 Å². The second kappa shape index (κ2) is 7.58. The van der Waals surface area contributed by atoms with E-state index < -0.39 is 23.7 Å². The Hall–Kier alpha value is -2.51. The molecule has 1 aromatic heterocycles. The standard InChI is InChI=1S/C17H20F3N3O2/c1-5-11(2)25-15-14(17(18,19)20)10-21-16(22-15)23(3)12-7-6-8-13(9-12)24-4/h6-11H,5H2,1-4H3. The zero-order chi connectivity index (χ0) is 18.6. The Kier molecular flexibility index (Phi) is 5.71. The smallest absolute Gasteiger partial charge is 0.423 e. The monoisotopic (exact) mass is 355 g/mol. The van der Waals surface area contributed by atoms with Crippen molar-refractivity contribution in [3.8, 4) is 11.6 Å². The minimum absolute atomic E-state index is 0.0968. The van der Waals surface area contributed by atoms with E-state index in [2.05, 4.69) is 9.97 Å². The van der Waals surface area contributed by atoms with Crippen molar-refractivity contribution >= 4 is 11.6 Å². The van der Waals surface area contributed by atoms with Crippen molar-refractivity contribution in [2.24, 2.45) is 0 Å². The van der Waals surface area contributed by atoms with E-state index >= 15 is 0 Å². The topological polar surface area (TPSA) is 47.5 Å². The Morgan fingerprint density at radius 3 is 2.60 bits per heavy atom. The van der Waals surface area contributed by atoms with E-state index in [4.69, 9.17) is 9.47 Å². The van der Waals surface area contributed by atoms with Crippen LogP contribution in [-0.4, -0.2) is 30.2 Å². The fourth-order valence-corrected chi connectivity index (χ4v) is 2.01. The molecule has 0 N–H and O–H groups in total. The lowest BCUT2D eigenvalue weighted by Gasteiger charge is -2.21. The van der Waals surface area contributed by atoms with Crippen molar-refractivity contribution in [2.45, 2.75) is 32.5 Å². The van der Waals surface area contributed by atoms with Gasteiger partial charge >= 0.3 is 6.18 Å². The van der Waals surface area contributed by atoms with Gasteiger partial charge in [-0.1, -0.05) is 13.0 Å². The third kappa shape index (κ3) is 4.52. The summed E-state index contributed by atoms with van der Waals surface area (Å²) in [5, 5.41) is 0. The molecule has 1 heterocycles. The van der Waals surface area contributed by atoms with Crippen LogP contribution in [0, 0.1) is 0 Å². The van der Waals surface area contributed by atoms with Gasteiger partial charge in [0.25, 0.3) is 0 Å². The first-order valence-corrected chi connectivity index (χ1v) is 7.75. The molecule has 0 spiro atoms. The van der Waals surface area contributed by atoms with Crippen molar-refractivity contribution in [1.82, 2.24) is 9.97 Å². The van der Waals surface area contributed by atoms with Crippen LogP contribution >= 0.6 is 0 Å². The van der Waals surface area contributed by atoms with Crippen molar-refractivity contribution in [1.29, 1.82) is 0 Å². The van der Waals surface area contributed by atoms with E-state index in [1.165, 1.54) is 7.11 Å². The van der Waals surface area contributed by atoms with Gasteiger partial charge in [0.1, 0.15) is 11.3 Å². The summed E-state index contributed by atoms with van der Waals surface area (Å²) in [4.78, 5) is 9.40. The SMILES string of the molecule is CCC(C)Oc1nc(N(C)c2cccc(OC)c2)ncc1C(F)(F)F. The molecule has 0 amide bonds. The lowest BCUT2D eigenvalue weighted by molar-refractivity contribution is -0.139. The summed E-state index contributed by atoms with van der Waals surface area (Å²) in [6.07, 6.45) is -3.68. The molecule has 136 valence electrons. The Labute approximate surface area is 144 Å². The number of alkyl halides is 3. The quantitative estimate of drug-likeness (QED) is 0.766. The highest BCUT2D eigenvalue weighted by Crippen LogP contribution is 2.36. The first-order valence-electron chi connectivity index (χ1n) is 7.75. The Morgan fingerprint density at radius 1 is 1.28 bits per heavy atom. The summed E-state index contributed by atoms with van der Waals surface area (Å²) in [6.45, 7) is 3.51. The van der Waals surface area contributed by atoms with Gasteiger partial charge in [-0.05, 0) is 25.5 Å². The van der Waals surface area contributed by atoms with E-state index in [1.54, 1.807) is 43.1 Å². The van der Waals surface area contributed by atoms with Crippen molar-refractivity contribution in [3.05, 3.63) is 36.0 Å². The Bertz CT molecular complexity index is 723. The maximum atomic E-state index is 13.2. The first kappa shape index (κ1) is 18.8. The summed E-state index contributed by atoms with van der Waals surface area (Å²) in [5.74, 6) is 0.244. The van der Waals surface area contributed by atoms with E-state index in [1.807, 2.05) is 6.92 Å². The largest absolute Gasteiger partial charge is 0.497 e. The highest BCUT2D eigenvalue weighted by Gasteiger charge is 2.37. The number of ether oxygens (including phenoxy) is 2. The highest BCUT2D eigenvalue weighted by molar-refractivity contribution is 5.59. The van der Waals surface area contributed by atoms with Gasteiger partial charge in [0.15, 0.2) is 0 Å². The van der Waals surface area contributed by atoms with Gasteiger partial charge in [-0.15, -0.1) is 0 Å². The number of benzene rings is 1. The average molecular weight is 355 g/mol. The lowest BCUT2D eigenvalue weighted by atomic mass is 10.2. The van der Waals surface area contributed by atoms with Crippen LogP contribution in [0.3, 0.4) is 0 Å². The average Bonchev–Trinajstić information content (AvgIpc) is 2.60. The molecule has 5 nitrogen and oxygen atoms in total. The van der Waals surface area contributed by atoms with Gasteiger partial charge in [-0.3, -0.25) is 0 Å². The molecule has 2 rings (SSSR count). The minimum Gasteiger partial charge on any atom is -0.497 e. The summed E-state index contributed by atoms with van der Waals surface area (Å²) >= 11 is 0. The number of nitrogens with zero attached hydrogens (tertiary/aromatic N) is 3. The number of anilines is 2. The molecule has 0 fully saturated rings. The number of aromatic nitrogens is 2. The van der Waals surface area contributed by atoms with E-state index in [0.29, 0.717) is 17.9 Å². The third-order valence-corrected chi connectivity index (χ3v) is 3.67. The molecule has 0 saturated heterocycles. The molecule has 0 aliphatic carbocycles. The maximum Gasteiger partial charge on any atom is 0.423 e. The summed E-state index contributed by atoms with van der Waals surface area (Å²) in [6, 6.07) is 7.04. The molecular weight excluding hydrogens is 335 g/mol. The molecule has 1 aromatic carbocycles. The van der Waals surface area contributed by atoms with Crippen LogP contribution in [0.15, 0.2) is 30.5 Å². The number of hydrogen-bond acceptors (Lipinski definition) is 5. The fourth-order valence-electron chi connectivity index (χ4n) is 2.01. The molecule has 1 unspecified atom stereocenters. The normalized spacial score (nSPS) is 12.6. The number of rotatable bonds is 6. The van der Waals surface area contributed by atoms with E-state index in [0.717, 1.165) is 6.20 Å². The lowest BCUT2D eigenvalue weighted by Crippen LogP contribution is -2.19. The van der Waals surface area contributed by atoms with Crippen LogP contribution in [0.2, 0.25) is 0 Å². The Morgan fingerprint density at radius 2 is 2.00 bits per heavy atom. The molecule has 0 saturated carbocycles. The highest BCUT2D eigenvalue weighted by atomic mass is 19.4. The molecule has 0 radical (unpaired) electrons. The van der Waals surface area contributed by atoms with Gasteiger partial charge in [-0.25, -0.2) is 4.98 Å². The zero-order valence-corrected chi connectivity index (χ0v) is 14.5. The van der Waals surface area contributed by atoms with Gasteiger partial charge in [0, 0.05) is 25.0 Å². The first-order chi connectivity index (χ1) is 11.8. The molecular formula is C17H20F3N3O2. The summed E-state index contributed by atoms with van der Waals surface area (Å²) in [7, 11) is 3.19. The van der Waals surface area contributed by atoms with Gasteiger partial charge in [0.2, 0.25) is 11.8 Å². The molecule has 8 heteroatoms. The van der Waals surface area contributed by atoms with Crippen LogP contribution in [-0.2, 0) is 6.18 Å². The van der Waals surface area contributed by atoms with Crippen LogP contribution < -0.4 is 14.4 Å². The molecule has 0 aliphatic rings. The zero-order valence-electron chi connectivity index (χ0n) is 14.5. The molecule has 25 heavy (non-hydrogen) atoms. The molecule has 1 atom stereocenters. The van der Waals surface area contributed by atoms with E-state index in [-0.39, 0.29) is 5.95 Å². The predicted molar refractivity (Wildman–Crippen MR) is 88.5 cm³/mol. The molecule has 0 aliphatic heterocycles. The summed E-state index contributed by atoms with van der Waals surface area (Å²) < 4.78 is 50.0. The van der Waals surface area contributed by atoms with Crippen LogP contribution in [0.5, 0.6) is 11.6 Å². The summed E-state index contributed by atoms with van der Waals surface area (Å²) in [5.41, 5.74) is -0.316. The third-order valence-electron chi connectivity index (χ3n) is 3.67. The number of methoxy groups -OCH3 is 1. The Balaban J connectivity index is 2.42. The fraction of sp³-hybridized carbons (Fsp3) is 0.412. The predicted octanol–water partition coefficient (Wildman–Crippen LogP) is 4.45. The second-order valence-corrected chi connectivity index (χ2v) is 5.48. The number of hydrogen-bond donors (Lipinski definition) is 0.